The molecule has 0 spiro atoms. The van der Waals surface area contributed by atoms with E-state index in [9.17, 15) is 9.59 Å². The molecular formula is C21H23N3O4. The molecule has 2 aromatic carbocycles. The number of aryl methyl sites for hydroxylation is 1. The van der Waals surface area contributed by atoms with Gasteiger partial charge in [0, 0.05) is 30.2 Å². The molecule has 2 N–H and O–H groups in total. The number of carbonyl (C=O) groups is 2. The summed E-state index contributed by atoms with van der Waals surface area (Å²) in [6, 6.07) is 14.8. The molecule has 0 bridgehead atoms. The van der Waals surface area contributed by atoms with Crippen molar-refractivity contribution in [2.24, 2.45) is 0 Å². The summed E-state index contributed by atoms with van der Waals surface area (Å²) in [5.41, 5.74) is 6.30. The van der Waals surface area contributed by atoms with Crippen LogP contribution >= 0.6 is 0 Å². The summed E-state index contributed by atoms with van der Waals surface area (Å²) in [6.07, 6.45) is 2.19. The van der Waals surface area contributed by atoms with Gasteiger partial charge in [-0.15, -0.1) is 0 Å². The third kappa shape index (κ3) is 4.43. The fourth-order valence-electron chi connectivity index (χ4n) is 2.90. The number of para-hydroxylation sites is 1. The summed E-state index contributed by atoms with van der Waals surface area (Å²) in [4.78, 5) is 24.4. The van der Waals surface area contributed by atoms with Crippen LogP contribution in [0, 0.1) is 0 Å². The Kier molecular flexibility index (Phi) is 6.16. The van der Waals surface area contributed by atoms with Crippen molar-refractivity contribution < 1.29 is 19.1 Å². The van der Waals surface area contributed by atoms with Crippen molar-refractivity contribution in [3.8, 4) is 11.5 Å². The van der Waals surface area contributed by atoms with Crippen LogP contribution in [0.1, 0.15) is 23.7 Å². The third-order valence-corrected chi connectivity index (χ3v) is 4.30. The van der Waals surface area contributed by atoms with Crippen LogP contribution in [0.15, 0.2) is 54.7 Å². The number of hydrazine groups is 1. The summed E-state index contributed by atoms with van der Waals surface area (Å²) < 4.78 is 12.7. The highest BCUT2D eigenvalue weighted by atomic mass is 16.5. The maximum Gasteiger partial charge on any atom is 0.269 e. The monoisotopic (exact) mass is 381 g/mol. The van der Waals surface area contributed by atoms with Gasteiger partial charge in [0.1, 0.15) is 0 Å². The molecule has 146 valence electrons. The van der Waals surface area contributed by atoms with Gasteiger partial charge in [-0.05, 0) is 42.6 Å². The predicted octanol–water partition coefficient (Wildman–Crippen LogP) is 2.90. The number of ether oxygens (including phenoxy) is 2. The molecule has 0 atom stereocenters. The number of nitrogens with one attached hydrogen (secondary N) is 2. The first kappa shape index (κ1) is 19.3. The fraction of sp³-hybridized carbons (Fsp3) is 0.238. The van der Waals surface area contributed by atoms with E-state index in [2.05, 4.69) is 10.9 Å². The molecule has 0 aliphatic carbocycles. The lowest BCUT2D eigenvalue weighted by molar-refractivity contribution is -0.122. The van der Waals surface area contributed by atoms with Gasteiger partial charge in [-0.3, -0.25) is 20.4 Å². The Hall–Kier alpha value is -3.48. The van der Waals surface area contributed by atoms with Gasteiger partial charge in [-0.1, -0.05) is 18.2 Å². The van der Waals surface area contributed by atoms with Gasteiger partial charge in [0.2, 0.25) is 5.91 Å². The minimum absolute atomic E-state index is 0.242. The van der Waals surface area contributed by atoms with Gasteiger partial charge in [0.15, 0.2) is 11.5 Å². The molecule has 3 aromatic rings. The van der Waals surface area contributed by atoms with Gasteiger partial charge in [-0.2, -0.15) is 0 Å². The molecule has 0 aliphatic heterocycles. The molecule has 7 heteroatoms. The van der Waals surface area contributed by atoms with Crippen LogP contribution in [0.25, 0.3) is 10.9 Å². The van der Waals surface area contributed by atoms with Crippen molar-refractivity contribution in [2.45, 2.75) is 19.9 Å². The lowest BCUT2D eigenvalue weighted by atomic mass is 10.2. The summed E-state index contributed by atoms with van der Waals surface area (Å²) in [5.74, 6) is 0.315. The first-order chi connectivity index (χ1) is 13.6. The Labute approximate surface area is 163 Å². The van der Waals surface area contributed by atoms with Gasteiger partial charge in [0.25, 0.3) is 5.91 Å². The van der Waals surface area contributed by atoms with Crippen LogP contribution in [-0.4, -0.2) is 30.1 Å². The van der Waals surface area contributed by atoms with Crippen molar-refractivity contribution in [1.82, 2.24) is 15.4 Å². The molecular weight excluding hydrogens is 358 g/mol. The highest BCUT2D eigenvalue weighted by Gasteiger charge is 2.12. The Balaban J connectivity index is 1.53. The van der Waals surface area contributed by atoms with Crippen molar-refractivity contribution in [1.29, 1.82) is 0 Å². The average Bonchev–Trinajstić information content (AvgIpc) is 3.14. The van der Waals surface area contributed by atoms with Gasteiger partial charge < -0.3 is 14.0 Å². The summed E-state index contributed by atoms with van der Waals surface area (Å²) in [5, 5.41) is 1.13. The minimum atomic E-state index is -0.430. The SMILES string of the molecule is CCOc1ccc(C(=O)NNC(=O)CCn2ccc3ccccc32)cc1OC. The number of hydrogen-bond donors (Lipinski definition) is 2. The Bertz CT molecular complexity index is 981. The predicted molar refractivity (Wildman–Crippen MR) is 106 cm³/mol. The minimum Gasteiger partial charge on any atom is -0.493 e. The number of amides is 2. The highest BCUT2D eigenvalue weighted by molar-refractivity contribution is 5.96. The number of fused-ring (bicyclic) bond motifs is 1. The van der Waals surface area contributed by atoms with E-state index < -0.39 is 5.91 Å². The Morgan fingerprint density at radius 2 is 1.86 bits per heavy atom. The topological polar surface area (TPSA) is 81.6 Å². The van der Waals surface area contributed by atoms with Crippen LogP contribution in [0.4, 0.5) is 0 Å². The van der Waals surface area contributed by atoms with Crippen molar-refractivity contribution in [3.05, 3.63) is 60.3 Å². The van der Waals surface area contributed by atoms with E-state index in [4.69, 9.17) is 9.47 Å². The largest absolute Gasteiger partial charge is 0.493 e. The van der Waals surface area contributed by atoms with E-state index in [-0.39, 0.29) is 12.3 Å². The maximum atomic E-state index is 12.3. The van der Waals surface area contributed by atoms with E-state index in [1.165, 1.54) is 7.11 Å². The molecule has 1 aromatic heterocycles. The second-order valence-corrected chi connectivity index (χ2v) is 6.12. The van der Waals surface area contributed by atoms with Crippen molar-refractivity contribution >= 4 is 22.7 Å². The van der Waals surface area contributed by atoms with Crippen LogP contribution < -0.4 is 20.3 Å². The van der Waals surface area contributed by atoms with Gasteiger partial charge >= 0.3 is 0 Å². The number of rotatable bonds is 7. The van der Waals surface area contributed by atoms with E-state index in [1.807, 2.05) is 48.0 Å². The van der Waals surface area contributed by atoms with Crippen LogP contribution in [-0.2, 0) is 11.3 Å². The number of hydrogen-bond acceptors (Lipinski definition) is 4. The molecule has 1 heterocycles. The third-order valence-electron chi connectivity index (χ3n) is 4.30. The van der Waals surface area contributed by atoms with Gasteiger partial charge in [-0.25, -0.2) is 0 Å². The van der Waals surface area contributed by atoms with Crippen molar-refractivity contribution in [2.75, 3.05) is 13.7 Å². The van der Waals surface area contributed by atoms with Crippen molar-refractivity contribution in [3.63, 3.8) is 0 Å². The molecule has 0 fully saturated rings. The molecule has 2 amide bonds. The normalized spacial score (nSPS) is 10.5. The van der Waals surface area contributed by atoms with E-state index in [0.717, 1.165) is 10.9 Å². The molecule has 0 aliphatic rings. The first-order valence-corrected chi connectivity index (χ1v) is 9.06. The number of benzene rings is 2. The van der Waals surface area contributed by atoms with Gasteiger partial charge in [0.05, 0.1) is 13.7 Å². The second kappa shape index (κ2) is 8.94. The number of nitrogens with zero attached hydrogens (tertiary/aromatic N) is 1. The summed E-state index contributed by atoms with van der Waals surface area (Å²) in [6.45, 7) is 2.88. The zero-order chi connectivity index (χ0) is 19.9. The molecule has 7 nitrogen and oxygen atoms in total. The molecule has 0 saturated heterocycles. The Morgan fingerprint density at radius 3 is 2.64 bits per heavy atom. The average molecular weight is 381 g/mol. The number of methoxy groups -OCH3 is 1. The first-order valence-electron chi connectivity index (χ1n) is 9.06. The fourth-order valence-corrected chi connectivity index (χ4v) is 2.90. The maximum absolute atomic E-state index is 12.3. The smallest absolute Gasteiger partial charge is 0.269 e. The van der Waals surface area contributed by atoms with E-state index >= 15 is 0 Å². The van der Waals surface area contributed by atoms with Crippen LogP contribution in [0.5, 0.6) is 11.5 Å². The van der Waals surface area contributed by atoms with E-state index in [0.29, 0.717) is 30.2 Å². The molecule has 3 rings (SSSR count). The second-order valence-electron chi connectivity index (χ2n) is 6.12. The lowest BCUT2D eigenvalue weighted by Crippen LogP contribution is -2.41. The standard InChI is InChI=1S/C21H23N3O4/c1-3-28-18-9-8-16(14-19(18)27-2)21(26)23-22-20(25)11-13-24-12-10-15-6-4-5-7-17(15)24/h4-10,12,14H,3,11,13H2,1-2H3,(H,22,25)(H,23,26). The lowest BCUT2D eigenvalue weighted by Gasteiger charge is -2.12. The summed E-state index contributed by atoms with van der Waals surface area (Å²) in [7, 11) is 1.51. The summed E-state index contributed by atoms with van der Waals surface area (Å²) >= 11 is 0. The highest BCUT2D eigenvalue weighted by Crippen LogP contribution is 2.27. The quantitative estimate of drug-likeness (QED) is 0.617. The number of aromatic nitrogens is 1. The Morgan fingerprint density at radius 1 is 1.04 bits per heavy atom. The zero-order valence-electron chi connectivity index (χ0n) is 15.9. The molecule has 0 saturated carbocycles. The number of carbonyl (C=O) groups excluding carboxylic acids is 2. The molecule has 0 radical (unpaired) electrons. The van der Waals surface area contributed by atoms with Crippen LogP contribution in [0.3, 0.4) is 0 Å². The van der Waals surface area contributed by atoms with Crippen LogP contribution in [0.2, 0.25) is 0 Å². The molecule has 28 heavy (non-hydrogen) atoms. The zero-order valence-corrected chi connectivity index (χ0v) is 15.9. The molecule has 0 unspecified atom stereocenters. The van der Waals surface area contributed by atoms with E-state index in [1.54, 1.807) is 18.2 Å².